The van der Waals surface area contributed by atoms with Crippen molar-refractivity contribution in [3.05, 3.63) is 11.4 Å². The maximum absolute atomic E-state index is 12.3. The lowest BCUT2D eigenvalue weighted by molar-refractivity contribution is -0.143. The predicted molar refractivity (Wildman–Crippen MR) is 57.8 cm³/mol. The van der Waals surface area contributed by atoms with Gasteiger partial charge >= 0.3 is 6.18 Å². The number of nitrogens with two attached hydrogens (primary N) is 1. The van der Waals surface area contributed by atoms with Gasteiger partial charge in [0.1, 0.15) is 6.54 Å². The number of amides is 1. The van der Waals surface area contributed by atoms with Crippen molar-refractivity contribution < 1.29 is 18.0 Å². The second-order valence-electron chi connectivity index (χ2n) is 4.45. The highest BCUT2D eigenvalue weighted by Crippen LogP contribution is 2.20. The van der Waals surface area contributed by atoms with Crippen molar-refractivity contribution >= 4 is 5.91 Å². The van der Waals surface area contributed by atoms with Crippen molar-refractivity contribution in [2.75, 3.05) is 0 Å². The first kappa shape index (κ1) is 14.5. The minimum atomic E-state index is -4.41. The number of hydrogen-bond donors (Lipinski definition) is 1. The third-order valence-corrected chi connectivity index (χ3v) is 2.36. The number of carbonyl (C=O) groups is 1. The Bertz CT molecular complexity index is 425. The molecule has 0 saturated heterocycles. The SMILES string of the molecule is CC(C)CCc1c(C(N)=O)nnn1CC(F)(F)F. The smallest absolute Gasteiger partial charge is 0.364 e. The molecular weight excluding hydrogens is 249 g/mol. The molecule has 0 saturated carbocycles. The molecule has 1 amide bonds. The summed E-state index contributed by atoms with van der Waals surface area (Å²) >= 11 is 0. The average molecular weight is 264 g/mol. The van der Waals surface area contributed by atoms with Crippen molar-refractivity contribution in [2.24, 2.45) is 11.7 Å². The van der Waals surface area contributed by atoms with Crippen LogP contribution in [0.25, 0.3) is 0 Å². The molecule has 1 aromatic rings. The Morgan fingerprint density at radius 2 is 2.06 bits per heavy atom. The number of hydrogen-bond acceptors (Lipinski definition) is 3. The van der Waals surface area contributed by atoms with E-state index in [1.165, 1.54) is 0 Å². The summed E-state index contributed by atoms with van der Waals surface area (Å²) in [6.07, 6.45) is -3.49. The van der Waals surface area contributed by atoms with Gasteiger partial charge in [-0.2, -0.15) is 13.2 Å². The van der Waals surface area contributed by atoms with Gasteiger partial charge in [-0.25, -0.2) is 4.68 Å². The monoisotopic (exact) mass is 264 g/mol. The van der Waals surface area contributed by atoms with E-state index in [0.717, 1.165) is 0 Å². The van der Waals surface area contributed by atoms with Crippen molar-refractivity contribution in [2.45, 2.75) is 39.4 Å². The molecule has 2 N–H and O–H groups in total. The van der Waals surface area contributed by atoms with Crippen LogP contribution in [-0.4, -0.2) is 27.1 Å². The highest BCUT2D eigenvalue weighted by Gasteiger charge is 2.31. The minimum Gasteiger partial charge on any atom is -0.364 e. The zero-order valence-electron chi connectivity index (χ0n) is 10.2. The van der Waals surface area contributed by atoms with E-state index in [2.05, 4.69) is 10.3 Å². The largest absolute Gasteiger partial charge is 0.408 e. The summed E-state index contributed by atoms with van der Waals surface area (Å²) in [5.74, 6) is -0.567. The van der Waals surface area contributed by atoms with E-state index in [1.54, 1.807) is 0 Å². The molecule has 5 nitrogen and oxygen atoms in total. The third-order valence-electron chi connectivity index (χ3n) is 2.36. The van der Waals surface area contributed by atoms with Gasteiger partial charge in [0.05, 0.1) is 5.69 Å². The van der Waals surface area contributed by atoms with E-state index in [0.29, 0.717) is 23.4 Å². The molecular formula is C10H15F3N4O. The van der Waals surface area contributed by atoms with Crippen molar-refractivity contribution in [1.82, 2.24) is 15.0 Å². The lowest BCUT2D eigenvalue weighted by atomic mass is 10.1. The van der Waals surface area contributed by atoms with E-state index in [9.17, 15) is 18.0 Å². The third kappa shape index (κ3) is 4.01. The Balaban J connectivity index is 2.99. The molecule has 18 heavy (non-hydrogen) atoms. The fourth-order valence-electron chi connectivity index (χ4n) is 1.49. The number of primary amides is 1. The molecule has 0 fully saturated rings. The fraction of sp³-hybridized carbons (Fsp3) is 0.700. The van der Waals surface area contributed by atoms with Gasteiger partial charge < -0.3 is 5.73 Å². The average Bonchev–Trinajstić information content (AvgIpc) is 2.55. The number of nitrogens with zero attached hydrogens (tertiary/aromatic N) is 3. The number of halogens is 3. The standard InChI is InChI=1S/C10H15F3N4O/c1-6(2)3-4-7-8(9(14)18)15-16-17(7)5-10(11,12)13/h6H,3-5H2,1-2H3,(H2,14,18). The van der Waals surface area contributed by atoms with Crippen LogP contribution < -0.4 is 5.73 Å². The summed E-state index contributed by atoms with van der Waals surface area (Å²) in [6, 6.07) is 0. The maximum Gasteiger partial charge on any atom is 0.408 e. The summed E-state index contributed by atoms with van der Waals surface area (Å²) in [6.45, 7) is 2.60. The molecule has 0 aliphatic heterocycles. The van der Waals surface area contributed by atoms with Crippen LogP contribution in [0, 0.1) is 5.92 Å². The van der Waals surface area contributed by atoms with Crippen molar-refractivity contribution in [3.8, 4) is 0 Å². The van der Waals surface area contributed by atoms with Crippen LogP contribution in [0.4, 0.5) is 13.2 Å². The number of aromatic nitrogens is 3. The molecule has 1 heterocycles. The molecule has 0 aliphatic rings. The first-order chi connectivity index (χ1) is 8.20. The first-order valence-corrected chi connectivity index (χ1v) is 5.49. The van der Waals surface area contributed by atoms with E-state index < -0.39 is 18.6 Å². The van der Waals surface area contributed by atoms with E-state index >= 15 is 0 Å². The Kier molecular flexibility index (Phi) is 4.31. The Morgan fingerprint density at radius 3 is 2.50 bits per heavy atom. The van der Waals surface area contributed by atoms with Crippen molar-refractivity contribution in [3.63, 3.8) is 0 Å². The van der Waals surface area contributed by atoms with Crippen LogP contribution in [0.2, 0.25) is 0 Å². The Labute approximate surface area is 102 Å². The Hall–Kier alpha value is -1.60. The molecule has 0 spiro atoms. The van der Waals surface area contributed by atoms with Crippen LogP contribution in [-0.2, 0) is 13.0 Å². The van der Waals surface area contributed by atoms with Gasteiger partial charge in [-0.1, -0.05) is 19.1 Å². The number of carbonyl (C=O) groups excluding carboxylic acids is 1. The number of alkyl halides is 3. The second kappa shape index (κ2) is 5.36. The van der Waals surface area contributed by atoms with E-state index in [1.807, 2.05) is 13.8 Å². The van der Waals surface area contributed by atoms with Gasteiger partial charge in [-0.15, -0.1) is 5.10 Å². The fourth-order valence-corrected chi connectivity index (χ4v) is 1.49. The lowest BCUT2D eigenvalue weighted by Crippen LogP contribution is -2.22. The molecule has 1 aromatic heterocycles. The van der Waals surface area contributed by atoms with Gasteiger partial charge in [0.15, 0.2) is 5.69 Å². The second-order valence-corrected chi connectivity index (χ2v) is 4.45. The molecule has 0 bridgehead atoms. The highest BCUT2D eigenvalue weighted by molar-refractivity contribution is 5.91. The number of rotatable bonds is 5. The lowest BCUT2D eigenvalue weighted by Gasteiger charge is -2.10. The van der Waals surface area contributed by atoms with Gasteiger partial charge in [0.2, 0.25) is 0 Å². The summed E-state index contributed by atoms with van der Waals surface area (Å²) in [5.41, 5.74) is 5.03. The van der Waals surface area contributed by atoms with Gasteiger partial charge in [-0.05, 0) is 18.8 Å². The Morgan fingerprint density at radius 1 is 1.44 bits per heavy atom. The van der Waals surface area contributed by atoms with Crippen LogP contribution in [0.15, 0.2) is 0 Å². The summed E-state index contributed by atoms with van der Waals surface area (Å²) in [5, 5.41) is 6.76. The topological polar surface area (TPSA) is 73.8 Å². The zero-order valence-corrected chi connectivity index (χ0v) is 10.2. The molecule has 0 unspecified atom stereocenters. The molecule has 0 aliphatic carbocycles. The van der Waals surface area contributed by atoms with Gasteiger partial charge in [0, 0.05) is 0 Å². The van der Waals surface area contributed by atoms with Crippen LogP contribution >= 0.6 is 0 Å². The van der Waals surface area contributed by atoms with Crippen LogP contribution in [0.3, 0.4) is 0 Å². The molecule has 1 rings (SSSR count). The molecule has 0 aromatic carbocycles. The van der Waals surface area contributed by atoms with Gasteiger partial charge in [-0.3, -0.25) is 4.79 Å². The first-order valence-electron chi connectivity index (χ1n) is 5.49. The molecule has 0 atom stereocenters. The summed E-state index contributed by atoms with van der Waals surface area (Å²) < 4.78 is 37.7. The zero-order chi connectivity index (χ0) is 13.9. The predicted octanol–water partition coefficient (Wildman–Crippen LogP) is 1.53. The quantitative estimate of drug-likeness (QED) is 0.876. The molecule has 102 valence electrons. The van der Waals surface area contributed by atoms with Crippen molar-refractivity contribution in [1.29, 1.82) is 0 Å². The van der Waals surface area contributed by atoms with Crippen LogP contribution in [0.1, 0.15) is 36.5 Å². The van der Waals surface area contributed by atoms with E-state index in [4.69, 9.17) is 5.73 Å². The summed E-state index contributed by atoms with van der Waals surface area (Å²) in [4.78, 5) is 11.1. The maximum atomic E-state index is 12.3. The van der Waals surface area contributed by atoms with Crippen LogP contribution in [0.5, 0.6) is 0 Å². The molecule has 0 radical (unpaired) electrons. The normalized spacial score (nSPS) is 12.1. The highest BCUT2D eigenvalue weighted by atomic mass is 19.4. The van der Waals surface area contributed by atoms with Gasteiger partial charge in [0.25, 0.3) is 5.91 Å². The minimum absolute atomic E-state index is 0.147. The van der Waals surface area contributed by atoms with E-state index in [-0.39, 0.29) is 11.4 Å². The molecule has 8 heteroatoms. The summed E-state index contributed by atoms with van der Waals surface area (Å²) in [7, 11) is 0.